The van der Waals surface area contributed by atoms with Gasteiger partial charge >= 0.3 is 0 Å². The largest absolute Gasteiger partial charge is 0.493 e. The van der Waals surface area contributed by atoms with Crippen molar-refractivity contribution in [2.45, 2.75) is 39.8 Å². The normalized spacial score (nSPS) is 10.9. The van der Waals surface area contributed by atoms with Crippen molar-refractivity contribution in [1.29, 1.82) is 0 Å². The second-order valence-electron chi connectivity index (χ2n) is 4.49. The fraction of sp³-hybridized carbons (Fsp3) is 0.571. The molecule has 0 atom stereocenters. The van der Waals surface area contributed by atoms with Crippen LogP contribution in [0.25, 0.3) is 0 Å². The quantitative estimate of drug-likeness (QED) is 0.738. The molecule has 0 spiro atoms. The molecule has 0 fully saturated rings. The van der Waals surface area contributed by atoms with Gasteiger partial charge in [-0.25, -0.2) is 0 Å². The van der Waals surface area contributed by atoms with Crippen molar-refractivity contribution in [1.82, 2.24) is 5.32 Å². The predicted octanol–water partition coefficient (Wildman–Crippen LogP) is 3.23. The van der Waals surface area contributed by atoms with Crippen molar-refractivity contribution < 1.29 is 9.13 Å². The Labute approximate surface area is 103 Å². The van der Waals surface area contributed by atoms with Crippen LogP contribution in [0.2, 0.25) is 0 Å². The van der Waals surface area contributed by atoms with Crippen molar-refractivity contribution in [3.63, 3.8) is 0 Å². The van der Waals surface area contributed by atoms with E-state index in [0.29, 0.717) is 19.1 Å². The number of para-hydroxylation sites is 1. The summed E-state index contributed by atoms with van der Waals surface area (Å²) in [5.41, 5.74) is 2.24. The van der Waals surface area contributed by atoms with Gasteiger partial charge in [-0.3, -0.25) is 4.39 Å². The van der Waals surface area contributed by atoms with Crippen LogP contribution in [0.3, 0.4) is 0 Å². The first-order chi connectivity index (χ1) is 8.15. The summed E-state index contributed by atoms with van der Waals surface area (Å²) in [6.45, 7) is 7.13. The molecule has 0 amide bonds. The number of hydrogen-bond donors (Lipinski definition) is 1. The Hall–Kier alpha value is -1.09. The molecule has 0 aliphatic rings. The van der Waals surface area contributed by atoms with Gasteiger partial charge in [0.15, 0.2) is 0 Å². The van der Waals surface area contributed by atoms with Gasteiger partial charge in [0.1, 0.15) is 5.75 Å². The topological polar surface area (TPSA) is 21.3 Å². The Morgan fingerprint density at radius 2 is 2.12 bits per heavy atom. The van der Waals surface area contributed by atoms with Gasteiger partial charge in [-0.1, -0.05) is 32.0 Å². The van der Waals surface area contributed by atoms with E-state index in [1.165, 1.54) is 0 Å². The van der Waals surface area contributed by atoms with Crippen LogP contribution in [0, 0.1) is 6.92 Å². The predicted molar refractivity (Wildman–Crippen MR) is 69.2 cm³/mol. The molecular formula is C14H22FNO. The molecule has 0 aromatic heterocycles. The number of benzene rings is 1. The molecule has 0 aliphatic carbocycles. The maximum Gasteiger partial charge on any atom is 0.126 e. The van der Waals surface area contributed by atoms with Gasteiger partial charge in [0.25, 0.3) is 0 Å². The van der Waals surface area contributed by atoms with Gasteiger partial charge < -0.3 is 10.1 Å². The average molecular weight is 239 g/mol. The second kappa shape index (κ2) is 7.28. The molecule has 0 aliphatic heterocycles. The molecule has 0 heterocycles. The lowest BCUT2D eigenvalue weighted by Crippen LogP contribution is -2.22. The minimum absolute atomic E-state index is 0.328. The lowest BCUT2D eigenvalue weighted by atomic mass is 10.1. The Bertz CT molecular complexity index is 339. The summed E-state index contributed by atoms with van der Waals surface area (Å²) in [6.07, 6.45) is 0.450. The van der Waals surface area contributed by atoms with Crippen LogP contribution in [-0.2, 0) is 6.54 Å². The van der Waals surface area contributed by atoms with E-state index in [2.05, 4.69) is 19.2 Å². The Morgan fingerprint density at radius 3 is 2.76 bits per heavy atom. The highest BCUT2D eigenvalue weighted by atomic mass is 19.1. The monoisotopic (exact) mass is 239 g/mol. The van der Waals surface area contributed by atoms with Gasteiger partial charge in [-0.2, -0.15) is 0 Å². The third-order valence-electron chi connectivity index (χ3n) is 2.52. The lowest BCUT2D eigenvalue weighted by Gasteiger charge is -2.15. The maximum atomic E-state index is 12.1. The summed E-state index contributed by atoms with van der Waals surface area (Å²) in [5, 5.41) is 3.37. The molecule has 1 N–H and O–H groups in total. The SMILES string of the molecule is Cc1cccc(CNC(C)C)c1OCCCF. The Morgan fingerprint density at radius 1 is 1.35 bits per heavy atom. The fourth-order valence-electron chi connectivity index (χ4n) is 1.60. The van der Waals surface area contributed by atoms with Crippen LogP contribution in [0.1, 0.15) is 31.4 Å². The van der Waals surface area contributed by atoms with Gasteiger partial charge in [0.2, 0.25) is 0 Å². The lowest BCUT2D eigenvalue weighted by molar-refractivity contribution is 0.284. The standard InChI is InChI=1S/C14H22FNO/c1-11(2)16-10-13-7-4-6-12(3)14(13)17-9-5-8-15/h4,6-7,11,16H,5,8-10H2,1-3H3. The zero-order valence-corrected chi connectivity index (χ0v) is 10.9. The van der Waals surface area contributed by atoms with Gasteiger partial charge in [-0.05, 0) is 12.5 Å². The molecule has 2 nitrogen and oxygen atoms in total. The molecule has 3 heteroatoms. The molecule has 0 saturated heterocycles. The van der Waals surface area contributed by atoms with Gasteiger partial charge in [0.05, 0.1) is 13.3 Å². The summed E-state index contributed by atoms with van der Waals surface area (Å²) in [5.74, 6) is 0.897. The van der Waals surface area contributed by atoms with Crippen LogP contribution in [0.5, 0.6) is 5.75 Å². The van der Waals surface area contributed by atoms with E-state index < -0.39 is 0 Å². The number of ether oxygens (including phenoxy) is 1. The number of halogens is 1. The van der Waals surface area contributed by atoms with Crippen molar-refractivity contribution >= 4 is 0 Å². The molecule has 1 aromatic carbocycles. The van der Waals surface area contributed by atoms with E-state index >= 15 is 0 Å². The summed E-state index contributed by atoms with van der Waals surface area (Å²) >= 11 is 0. The molecule has 0 unspecified atom stereocenters. The van der Waals surface area contributed by atoms with Gasteiger partial charge in [0, 0.05) is 24.6 Å². The van der Waals surface area contributed by atoms with Crippen LogP contribution >= 0.6 is 0 Å². The molecule has 17 heavy (non-hydrogen) atoms. The minimum Gasteiger partial charge on any atom is -0.493 e. The van der Waals surface area contributed by atoms with E-state index in [1.54, 1.807) is 0 Å². The third kappa shape index (κ3) is 4.73. The second-order valence-corrected chi connectivity index (χ2v) is 4.49. The van der Waals surface area contributed by atoms with Crippen LogP contribution in [0.4, 0.5) is 4.39 Å². The highest BCUT2D eigenvalue weighted by Gasteiger charge is 2.07. The van der Waals surface area contributed by atoms with E-state index in [1.807, 2.05) is 25.1 Å². The average Bonchev–Trinajstić information content (AvgIpc) is 2.29. The number of hydrogen-bond acceptors (Lipinski definition) is 2. The van der Waals surface area contributed by atoms with Crippen molar-refractivity contribution in [3.8, 4) is 5.75 Å². The van der Waals surface area contributed by atoms with E-state index in [9.17, 15) is 4.39 Å². The number of aryl methyl sites for hydroxylation is 1. The molecular weight excluding hydrogens is 217 g/mol. The minimum atomic E-state index is -0.328. The molecule has 1 rings (SSSR count). The molecule has 1 aromatic rings. The highest BCUT2D eigenvalue weighted by Crippen LogP contribution is 2.23. The van der Waals surface area contributed by atoms with Crippen molar-refractivity contribution in [2.24, 2.45) is 0 Å². The first-order valence-electron chi connectivity index (χ1n) is 6.15. The third-order valence-corrected chi connectivity index (χ3v) is 2.52. The fourth-order valence-corrected chi connectivity index (χ4v) is 1.60. The Balaban J connectivity index is 2.69. The van der Waals surface area contributed by atoms with E-state index in [4.69, 9.17) is 4.74 Å². The number of alkyl halides is 1. The summed E-state index contributed by atoms with van der Waals surface area (Å²) < 4.78 is 17.7. The summed E-state index contributed by atoms with van der Waals surface area (Å²) in [4.78, 5) is 0. The number of rotatable bonds is 7. The first kappa shape index (κ1) is 14.0. The van der Waals surface area contributed by atoms with Crippen LogP contribution < -0.4 is 10.1 Å². The summed E-state index contributed by atoms with van der Waals surface area (Å²) in [6, 6.07) is 6.53. The first-order valence-corrected chi connectivity index (χ1v) is 6.15. The highest BCUT2D eigenvalue weighted by molar-refractivity contribution is 5.40. The summed E-state index contributed by atoms with van der Waals surface area (Å²) in [7, 11) is 0. The van der Waals surface area contributed by atoms with Crippen LogP contribution in [-0.4, -0.2) is 19.3 Å². The van der Waals surface area contributed by atoms with Crippen LogP contribution in [0.15, 0.2) is 18.2 Å². The Kier molecular flexibility index (Phi) is 5.98. The van der Waals surface area contributed by atoms with Crippen molar-refractivity contribution in [3.05, 3.63) is 29.3 Å². The molecule has 0 radical (unpaired) electrons. The number of nitrogens with one attached hydrogen (secondary N) is 1. The van der Waals surface area contributed by atoms with E-state index in [-0.39, 0.29) is 6.67 Å². The smallest absolute Gasteiger partial charge is 0.126 e. The van der Waals surface area contributed by atoms with Crippen molar-refractivity contribution in [2.75, 3.05) is 13.3 Å². The van der Waals surface area contributed by atoms with Gasteiger partial charge in [-0.15, -0.1) is 0 Å². The molecule has 0 bridgehead atoms. The molecule has 96 valence electrons. The zero-order chi connectivity index (χ0) is 12.7. The van der Waals surface area contributed by atoms with E-state index in [0.717, 1.165) is 23.4 Å². The zero-order valence-electron chi connectivity index (χ0n) is 10.9. The maximum absolute atomic E-state index is 12.1. The molecule has 0 saturated carbocycles.